The molecule has 1 N–H and O–H groups in total. The zero-order chi connectivity index (χ0) is 12.2. The predicted molar refractivity (Wildman–Crippen MR) is 59.5 cm³/mol. The molecule has 0 atom stereocenters. The summed E-state index contributed by atoms with van der Waals surface area (Å²) in [6.07, 6.45) is 1.49. The second-order valence-corrected chi connectivity index (χ2v) is 4.21. The summed E-state index contributed by atoms with van der Waals surface area (Å²) in [4.78, 5) is 25.6. The van der Waals surface area contributed by atoms with Crippen LogP contribution in [0.2, 0.25) is 0 Å². The van der Waals surface area contributed by atoms with E-state index in [1.54, 1.807) is 26.8 Å². The third kappa shape index (κ3) is 4.08. The van der Waals surface area contributed by atoms with Gasteiger partial charge in [-0.05, 0) is 32.9 Å². The summed E-state index contributed by atoms with van der Waals surface area (Å²) in [5.74, 6) is 0. The van der Waals surface area contributed by atoms with Crippen molar-refractivity contribution in [3.63, 3.8) is 0 Å². The minimum atomic E-state index is -0.560. The molecule has 0 aliphatic carbocycles. The lowest BCUT2D eigenvalue weighted by Crippen LogP contribution is -2.27. The number of ether oxygens (including phenoxy) is 1. The number of pyridine rings is 1. The van der Waals surface area contributed by atoms with Crippen LogP contribution in [0.1, 0.15) is 31.3 Å². The fraction of sp³-hybridized carbons (Fsp3) is 0.364. The molecular formula is C11H14N2O3. The first-order chi connectivity index (χ1) is 7.40. The third-order valence-electron chi connectivity index (χ3n) is 1.55. The first-order valence-electron chi connectivity index (χ1n) is 4.82. The Balaban J connectivity index is 2.66. The van der Waals surface area contributed by atoms with Crippen LogP contribution in [0.3, 0.4) is 0 Å². The van der Waals surface area contributed by atoms with E-state index in [4.69, 9.17) is 4.74 Å². The first-order valence-corrected chi connectivity index (χ1v) is 4.82. The molecule has 1 amide bonds. The summed E-state index contributed by atoms with van der Waals surface area (Å²) in [5.41, 5.74) is 0.185. The van der Waals surface area contributed by atoms with Crippen molar-refractivity contribution in [2.45, 2.75) is 26.4 Å². The summed E-state index contributed by atoms with van der Waals surface area (Å²) in [5, 5.41) is 2.51. The Hall–Kier alpha value is -1.91. The van der Waals surface area contributed by atoms with Crippen molar-refractivity contribution in [1.82, 2.24) is 4.98 Å². The van der Waals surface area contributed by atoms with Gasteiger partial charge in [-0.15, -0.1) is 0 Å². The standard InChI is InChI=1S/C11H14N2O3/c1-11(2,3)16-10(15)13-8-4-5-12-9(6-8)7-14/h4-7H,1-3H3,(H,12,13,15). The average Bonchev–Trinajstić information content (AvgIpc) is 2.15. The normalized spacial score (nSPS) is 10.7. The number of amides is 1. The third-order valence-corrected chi connectivity index (χ3v) is 1.55. The number of hydrogen-bond donors (Lipinski definition) is 1. The smallest absolute Gasteiger partial charge is 0.412 e. The van der Waals surface area contributed by atoms with Crippen LogP contribution in [0.25, 0.3) is 0 Å². The quantitative estimate of drug-likeness (QED) is 0.779. The molecule has 5 nitrogen and oxygen atoms in total. The fourth-order valence-corrected chi connectivity index (χ4v) is 1.01. The molecule has 0 aliphatic rings. The largest absolute Gasteiger partial charge is 0.444 e. The Morgan fingerprint density at radius 2 is 2.19 bits per heavy atom. The Morgan fingerprint density at radius 3 is 2.75 bits per heavy atom. The van der Waals surface area contributed by atoms with Gasteiger partial charge in [-0.3, -0.25) is 15.1 Å². The van der Waals surface area contributed by atoms with Crippen molar-refractivity contribution in [1.29, 1.82) is 0 Å². The van der Waals surface area contributed by atoms with E-state index >= 15 is 0 Å². The van der Waals surface area contributed by atoms with Crippen molar-refractivity contribution < 1.29 is 14.3 Å². The van der Waals surface area contributed by atoms with Crippen LogP contribution in [0.5, 0.6) is 0 Å². The molecule has 0 saturated carbocycles. The minimum absolute atomic E-state index is 0.258. The summed E-state index contributed by atoms with van der Waals surface area (Å²) in [6.45, 7) is 5.32. The molecule has 5 heteroatoms. The van der Waals surface area contributed by atoms with Crippen LogP contribution in [-0.2, 0) is 4.74 Å². The van der Waals surface area contributed by atoms with E-state index in [1.807, 2.05) is 0 Å². The van der Waals surface area contributed by atoms with Gasteiger partial charge in [0.25, 0.3) is 0 Å². The number of carbonyl (C=O) groups excluding carboxylic acids is 2. The van der Waals surface area contributed by atoms with Crippen LogP contribution in [-0.4, -0.2) is 23.0 Å². The number of nitrogens with zero attached hydrogens (tertiary/aromatic N) is 1. The highest BCUT2D eigenvalue weighted by Crippen LogP contribution is 2.11. The molecule has 0 radical (unpaired) electrons. The maximum Gasteiger partial charge on any atom is 0.412 e. The van der Waals surface area contributed by atoms with Gasteiger partial charge in [0.05, 0.1) is 0 Å². The van der Waals surface area contributed by atoms with E-state index in [0.717, 1.165) is 0 Å². The Bertz CT molecular complexity index is 396. The molecule has 16 heavy (non-hydrogen) atoms. The van der Waals surface area contributed by atoms with Crippen LogP contribution < -0.4 is 5.32 Å². The van der Waals surface area contributed by atoms with Crippen molar-refractivity contribution in [3.8, 4) is 0 Å². The van der Waals surface area contributed by atoms with Crippen molar-refractivity contribution in [2.75, 3.05) is 5.32 Å². The first kappa shape index (κ1) is 12.2. The lowest BCUT2D eigenvalue weighted by Gasteiger charge is -2.19. The monoisotopic (exact) mass is 222 g/mol. The summed E-state index contributed by atoms with van der Waals surface area (Å²) in [7, 11) is 0. The van der Waals surface area contributed by atoms with Gasteiger partial charge in [-0.1, -0.05) is 0 Å². The van der Waals surface area contributed by atoms with E-state index in [2.05, 4.69) is 10.3 Å². The SMILES string of the molecule is CC(C)(C)OC(=O)Nc1ccnc(C=O)c1. The van der Waals surface area contributed by atoms with Gasteiger partial charge in [0, 0.05) is 11.9 Å². The molecule has 0 aromatic carbocycles. The van der Waals surface area contributed by atoms with Gasteiger partial charge < -0.3 is 4.74 Å². The predicted octanol–water partition coefficient (Wildman–Crippen LogP) is 2.24. The highest BCUT2D eigenvalue weighted by Gasteiger charge is 2.16. The molecule has 86 valence electrons. The maximum absolute atomic E-state index is 11.4. The van der Waals surface area contributed by atoms with E-state index in [-0.39, 0.29) is 5.69 Å². The molecule has 0 bridgehead atoms. The van der Waals surface area contributed by atoms with E-state index in [1.165, 1.54) is 12.3 Å². The molecular weight excluding hydrogens is 208 g/mol. The lowest BCUT2D eigenvalue weighted by molar-refractivity contribution is 0.0635. The van der Waals surface area contributed by atoms with Gasteiger partial charge >= 0.3 is 6.09 Å². The fourth-order valence-electron chi connectivity index (χ4n) is 1.01. The zero-order valence-electron chi connectivity index (χ0n) is 9.48. The topological polar surface area (TPSA) is 68.3 Å². The minimum Gasteiger partial charge on any atom is -0.444 e. The number of anilines is 1. The molecule has 1 aromatic heterocycles. The van der Waals surface area contributed by atoms with Crippen molar-refractivity contribution in [2.24, 2.45) is 0 Å². The van der Waals surface area contributed by atoms with Crippen LogP contribution in [0.15, 0.2) is 18.3 Å². The zero-order valence-corrected chi connectivity index (χ0v) is 9.48. The van der Waals surface area contributed by atoms with E-state index in [0.29, 0.717) is 12.0 Å². The molecule has 0 fully saturated rings. The number of rotatable bonds is 2. The Labute approximate surface area is 93.8 Å². The molecule has 1 rings (SSSR count). The Morgan fingerprint density at radius 1 is 1.50 bits per heavy atom. The number of nitrogens with one attached hydrogen (secondary N) is 1. The van der Waals surface area contributed by atoms with E-state index < -0.39 is 11.7 Å². The molecule has 1 aromatic rings. The van der Waals surface area contributed by atoms with Gasteiger partial charge in [0.1, 0.15) is 11.3 Å². The van der Waals surface area contributed by atoms with Crippen LogP contribution >= 0.6 is 0 Å². The van der Waals surface area contributed by atoms with Crippen LogP contribution in [0, 0.1) is 0 Å². The number of carbonyl (C=O) groups is 2. The molecule has 0 unspecified atom stereocenters. The van der Waals surface area contributed by atoms with Gasteiger partial charge in [0.2, 0.25) is 0 Å². The second kappa shape index (κ2) is 4.74. The molecule has 0 spiro atoms. The molecule has 0 aliphatic heterocycles. The van der Waals surface area contributed by atoms with Gasteiger partial charge in [0.15, 0.2) is 6.29 Å². The number of aromatic nitrogens is 1. The number of aldehydes is 1. The highest BCUT2D eigenvalue weighted by atomic mass is 16.6. The van der Waals surface area contributed by atoms with E-state index in [9.17, 15) is 9.59 Å². The summed E-state index contributed by atoms with van der Waals surface area (Å²) in [6, 6.07) is 3.05. The lowest BCUT2D eigenvalue weighted by atomic mass is 10.2. The molecule has 1 heterocycles. The Kier molecular flexibility index (Phi) is 3.60. The van der Waals surface area contributed by atoms with Gasteiger partial charge in [-0.2, -0.15) is 0 Å². The second-order valence-electron chi connectivity index (χ2n) is 4.21. The van der Waals surface area contributed by atoms with Crippen LogP contribution in [0.4, 0.5) is 10.5 Å². The number of hydrogen-bond acceptors (Lipinski definition) is 4. The summed E-state index contributed by atoms with van der Waals surface area (Å²) < 4.78 is 5.06. The molecule has 0 saturated heterocycles. The average molecular weight is 222 g/mol. The maximum atomic E-state index is 11.4. The van der Waals surface area contributed by atoms with Gasteiger partial charge in [-0.25, -0.2) is 4.79 Å². The van der Waals surface area contributed by atoms with Crippen molar-refractivity contribution in [3.05, 3.63) is 24.0 Å². The van der Waals surface area contributed by atoms with Crippen molar-refractivity contribution >= 4 is 18.1 Å². The summed E-state index contributed by atoms with van der Waals surface area (Å²) >= 11 is 0. The highest BCUT2D eigenvalue weighted by molar-refractivity contribution is 5.86.